The third-order valence-corrected chi connectivity index (χ3v) is 3.13. The van der Waals surface area contributed by atoms with Gasteiger partial charge in [0.1, 0.15) is 12.0 Å². The number of rotatable bonds is 6. The van der Waals surface area contributed by atoms with E-state index in [1.807, 2.05) is 19.1 Å². The van der Waals surface area contributed by atoms with Crippen molar-refractivity contribution in [1.29, 1.82) is 0 Å². The van der Waals surface area contributed by atoms with Crippen LogP contribution in [0.5, 0.6) is 0 Å². The summed E-state index contributed by atoms with van der Waals surface area (Å²) in [6.07, 6.45) is 2.40. The molecule has 1 aromatic carbocycles. The summed E-state index contributed by atoms with van der Waals surface area (Å²) in [5, 5.41) is 2.57. The van der Waals surface area contributed by atoms with Crippen molar-refractivity contribution in [2.75, 3.05) is 6.54 Å². The molecule has 5 heteroatoms. The molecule has 2 aromatic rings. The minimum Gasteiger partial charge on any atom is -0.350 e. The van der Waals surface area contributed by atoms with E-state index in [9.17, 15) is 14.4 Å². The molecule has 0 fully saturated rings. The monoisotopic (exact) mass is 296 g/mol. The van der Waals surface area contributed by atoms with Crippen LogP contribution in [0.3, 0.4) is 0 Å². The average Bonchev–Trinajstić information content (AvgIpc) is 2.55. The van der Waals surface area contributed by atoms with Crippen LogP contribution < -0.4 is 5.32 Å². The van der Waals surface area contributed by atoms with Crippen molar-refractivity contribution < 1.29 is 14.4 Å². The van der Waals surface area contributed by atoms with Crippen LogP contribution in [0.25, 0.3) is 0 Å². The minimum atomic E-state index is -0.460. The van der Waals surface area contributed by atoms with Gasteiger partial charge in [0.25, 0.3) is 5.91 Å². The second-order valence-electron chi connectivity index (χ2n) is 4.81. The van der Waals surface area contributed by atoms with Gasteiger partial charge < -0.3 is 10.1 Å². The third kappa shape index (κ3) is 3.63. The van der Waals surface area contributed by atoms with Crippen molar-refractivity contribution in [3.8, 4) is 0 Å². The molecule has 0 bridgehead atoms. The number of benzene rings is 1. The smallest absolute Gasteiger partial charge is 0.270 e. The van der Waals surface area contributed by atoms with Crippen LogP contribution >= 0.6 is 0 Å². The molecule has 2 rings (SSSR count). The second-order valence-corrected chi connectivity index (χ2v) is 4.81. The van der Waals surface area contributed by atoms with Crippen LogP contribution in [-0.4, -0.2) is 29.5 Å². The van der Waals surface area contributed by atoms with Crippen molar-refractivity contribution in [3.63, 3.8) is 0 Å². The van der Waals surface area contributed by atoms with E-state index in [-0.39, 0.29) is 30.0 Å². The van der Waals surface area contributed by atoms with E-state index in [4.69, 9.17) is 0 Å². The molecule has 0 spiro atoms. The summed E-state index contributed by atoms with van der Waals surface area (Å²) in [7, 11) is 0. The number of pyridine rings is 1. The quantitative estimate of drug-likeness (QED) is 0.502. The number of carbonyl (C=O) groups excluding carboxylic acids is 3. The van der Waals surface area contributed by atoms with E-state index >= 15 is 0 Å². The summed E-state index contributed by atoms with van der Waals surface area (Å²) in [5.74, 6) is -0.716. The van der Waals surface area contributed by atoms with Crippen molar-refractivity contribution in [1.82, 2.24) is 10.3 Å². The summed E-state index contributed by atoms with van der Waals surface area (Å²) >= 11 is 0. The number of hydrogen-bond donors (Lipinski definition) is 1. The lowest BCUT2D eigenvalue weighted by Gasteiger charge is -2.08. The zero-order valence-electron chi connectivity index (χ0n) is 12.2. The molecule has 0 unspecified atom stereocenters. The van der Waals surface area contributed by atoms with Crippen molar-refractivity contribution >= 4 is 18.0 Å². The molecule has 0 aliphatic carbocycles. The average molecular weight is 296 g/mol. The molecule has 1 N–H and O–H groups in total. The normalized spacial score (nSPS) is 10.0. The first-order valence-corrected chi connectivity index (χ1v) is 6.91. The molecular formula is C17H16N2O3. The number of aldehydes is 1. The highest BCUT2D eigenvalue weighted by Gasteiger charge is 2.19. The maximum atomic E-state index is 12.5. The first kappa shape index (κ1) is 15.6. The largest absolute Gasteiger partial charge is 0.350 e. The number of ketones is 1. The van der Waals surface area contributed by atoms with Crippen LogP contribution in [-0.2, 0) is 4.79 Å². The van der Waals surface area contributed by atoms with Crippen LogP contribution in [0.4, 0.5) is 0 Å². The first-order chi connectivity index (χ1) is 10.6. The molecule has 1 aromatic heterocycles. The van der Waals surface area contributed by atoms with Crippen LogP contribution in [0.1, 0.15) is 38.4 Å². The fourth-order valence-corrected chi connectivity index (χ4v) is 1.96. The number of nitrogens with one attached hydrogen (secondary N) is 1. The lowest BCUT2D eigenvalue weighted by Crippen LogP contribution is -2.27. The summed E-state index contributed by atoms with van der Waals surface area (Å²) < 4.78 is 0. The zero-order chi connectivity index (χ0) is 15.9. The Balaban J connectivity index is 2.27. The Bertz CT molecular complexity index is 693. The Labute approximate surface area is 128 Å². The van der Waals surface area contributed by atoms with Gasteiger partial charge in [0.15, 0.2) is 5.78 Å². The summed E-state index contributed by atoms with van der Waals surface area (Å²) in [6, 6.07) is 10.3. The topological polar surface area (TPSA) is 76.1 Å². The van der Waals surface area contributed by atoms with Gasteiger partial charge in [-0.1, -0.05) is 29.8 Å². The molecule has 1 amide bonds. The van der Waals surface area contributed by atoms with Crippen molar-refractivity contribution in [3.05, 3.63) is 65.0 Å². The summed E-state index contributed by atoms with van der Waals surface area (Å²) in [4.78, 5) is 38.9. The highest BCUT2D eigenvalue weighted by atomic mass is 16.2. The molecule has 0 aliphatic heterocycles. The number of amides is 1. The second kappa shape index (κ2) is 7.26. The fourth-order valence-electron chi connectivity index (χ4n) is 1.96. The summed E-state index contributed by atoms with van der Waals surface area (Å²) in [5.41, 5.74) is 1.86. The summed E-state index contributed by atoms with van der Waals surface area (Å²) in [6.45, 7) is 2.15. The fraction of sp³-hybridized carbons (Fsp3) is 0.176. The molecule has 1 heterocycles. The molecular weight excluding hydrogens is 280 g/mol. The van der Waals surface area contributed by atoms with Gasteiger partial charge in [-0.25, -0.2) is 0 Å². The Morgan fingerprint density at radius 3 is 2.59 bits per heavy atom. The molecule has 0 saturated heterocycles. The van der Waals surface area contributed by atoms with Gasteiger partial charge in [-0.3, -0.25) is 14.6 Å². The Hall–Kier alpha value is -2.82. The lowest BCUT2D eigenvalue weighted by molar-refractivity contribution is -0.107. The van der Waals surface area contributed by atoms with E-state index in [0.29, 0.717) is 5.56 Å². The van der Waals surface area contributed by atoms with Gasteiger partial charge >= 0.3 is 0 Å². The molecule has 5 nitrogen and oxygen atoms in total. The maximum Gasteiger partial charge on any atom is 0.270 e. The molecule has 0 aliphatic rings. The molecule has 0 saturated carbocycles. The van der Waals surface area contributed by atoms with E-state index in [1.54, 1.807) is 24.3 Å². The predicted octanol–water partition coefficient (Wildman–Crippen LogP) is 1.94. The van der Waals surface area contributed by atoms with Crippen LogP contribution in [0.2, 0.25) is 0 Å². The molecule has 0 radical (unpaired) electrons. The third-order valence-electron chi connectivity index (χ3n) is 3.13. The van der Waals surface area contributed by atoms with Crippen LogP contribution in [0, 0.1) is 6.92 Å². The predicted molar refractivity (Wildman–Crippen MR) is 81.9 cm³/mol. The number of hydrogen-bond acceptors (Lipinski definition) is 4. The van der Waals surface area contributed by atoms with E-state index in [2.05, 4.69) is 10.3 Å². The van der Waals surface area contributed by atoms with Gasteiger partial charge in [0, 0.05) is 24.7 Å². The molecule has 22 heavy (non-hydrogen) atoms. The highest BCUT2D eigenvalue weighted by Crippen LogP contribution is 2.13. The van der Waals surface area contributed by atoms with E-state index in [1.165, 1.54) is 6.20 Å². The van der Waals surface area contributed by atoms with Gasteiger partial charge in [-0.15, -0.1) is 0 Å². The maximum absolute atomic E-state index is 12.5. The number of aromatic nitrogens is 1. The van der Waals surface area contributed by atoms with Gasteiger partial charge in [0.05, 0.1) is 5.56 Å². The minimum absolute atomic E-state index is 0.0685. The van der Waals surface area contributed by atoms with Crippen molar-refractivity contribution in [2.45, 2.75) is 13.3 Å². The highest BCUT2D eigenvalue weighted by molar-refractivity contribution is 6.14. The Morgan fingerprint density at radius 2 is 1.91 bits per heavy atom. The van der Waals surface area contributed by atoms with E-state index < -0.39 is 5.91 Å². The molecule has 112 valence electrons. The zero-order valence-corrected chi connectivity index (χ0v) is 12.2. The van der Waals surface area contributed by atoms with Gasteiger partial charge in [-0.2, -0.15) is 0 Å². The number of aryl methyl sites for hydroxylation is 1. The Kier molecular flexibility index (Phi) is 5.14. The van der Waals surface area contributed by atoms with Crippen molar-refractivity contribution in [2.24, 2.45) is 0 Å². The van der Waals surface area contributed by atoms with Gasteiger partial charge in [0.2, 0.25) is 0 Å². The van der Waals surface area contributed by atoms with E-state index in [0.717, 1.165) is 11.8 Å². The van der Waals surface area contributed by atoms with Crippen LogP contribution in [0.15, 0.2) is 42.6 Å². The SMILES string of the molecule is Cc1ccc(C(=O)c2cccnc2C(=O)NCCC=O)cc1. The molecule has 0 atom stereocenters. The first-order valence-electron chi connectivity index (χ1n) is 6.91. The number of carbonyl (C=O) groups is 3. The number of nitrogens with zero attached hydrogens (tertiary/aromatic N) is 1. The van der Waals surface area contributed by atoms with Gasteiger partial charge in [-0.05, 0) is 19.1 Å². The Morgan fingerprint density at radius 1 is 1.18 bits per heavy atom. The standard InChI is InChI=1S/C17H16N2O3/c1-12-5-7-13(8-6-12)16(21)14-4-2-9-18-15(14)17(22)19-10-3-11-20/h2,4-9,11H,3,10H2,1H3,(H,19,22). The lowest BCUT2D eigenvalue weighted by atomic mass is 10.0.